The number of pyridine rings is 1. The number of hydrogen-bond donors (Lipinski definition) is 0. The van der Waals surface area contributed by atoms with Gasteiger partial charge in [0.2, 0.25) is 10.0 Å². The average Bonchev–Trinajstić information content (AvgIpc) is 3.58. The molecule has 1 saturated carbocycles. The Hall–Kier alpha value is -2.45. The van der Waals surface area contributed by atoms with Gasteiger partial charge in [-0.15, -0.1) is 0 Å². The van der Waals surface area contributed by atoms with Crippen molar-refractivity contribution in [2.45, 2.75) is 82.4 Å². The van der Waals surface area contributed by atoms with Gasteiger partial charge in [-0.05, 0) is 77.1 Å². The molecule has 2 fully saturated rings. The molecule has 1 atom stereocenters. The second-order valence-corrected chi connectivity index (χ2v) is 11.9. The summed E-state index contributed by atoms with van der Waals surface area (Å²) in [4.78, 5) is 19.3. The Labute approximate surface area is 196 Å². The molecule has 178 valence electrons. The molecule has 2 aliphatic rings. The Morgan fingerprint density at radius 2 is 1.76 bits per heavy atom. The minimum atomic E-state index is -3.62. The Kier molecular flexibility index (Phi) is 6.51. The first-order chi connectivity index (χ1) is 15.6. The standard InChI is InChI=1S/C25H33N3O4S/c1-18-8-13-21(14-9-18)33(30,31)27-16-6-5-7-22(27)19-10-15-23(26-17-19)28(20-11-12-20)24(29)32-25(2,3)4/h8-10,13-15,17,20,22H,5-7,11-12,16H2,1-4H3/t22-/m1/s1. The van der Waals surface area contributed by atoms with Gasteiger partial charge in [0.1, 0.15) is 11.4 Å². The van der Waals surface area contributed by atoms with Crippen LogP contribution < -0.4 is 4.90 Å². The highest BCUT2D eigenvalue weighted by Gasteiger charge is 2.38. The molecule has 1 amide bonds. The van der Waals surface area contributed by atoms with Crippen LogP contribution in [0.3, 0.4) is 0 Å². The fourth-order valence-corrected chi connectivity index (χ4v) is 5.86. The molecule has 0 N–H and O–H groups in total. The van der Waals surface area contributed by atoms with Crippen molar-refractivity contribution in [1.29, 1.82) is 0 Å². The molecule has 7 nitrogen and oxygen atoms in total. The van der Waals surface area contributed by atoms with Crippen molar-refractivity contribution >= 4 is 21.9 Å². The largest absolute Gasteiger partial charge is 0.443 e. The van der Waals surface area contributed by atoms with E-state index in [1.165, 1.54) is 0 Å². The van der Waals surface area contributed by atoms with Gasteiger partial charge in [-0.1, -0.05) is 30.2 Å². The topological polar surface area (TPSA) is 79.8 Å². The van der Waals surface area contributed by atoms with Gasteiger partial charge in [-0.25, -0.2) is 18.2 Å². The summed E-state index contributed by atoms with van der Waals surface area (Å²) in [5.41, 5.74) is 1.28. The van der Waals surface area contributed by atoms with Gasteiger partial charge in [0, 0.05) is 18.8 Å². The third-order valence-electron chi connectivity index (χ3n) is 5.99. The molecule has 2 heterocycles. The van der Waals surface area contributed by atoms with E-state index in [1.807, 2.05) is 52.0 Å². The SMILES string of the molecule is Cc1ccc(S(=O)(=O)N2CCCC[C@@H]2c2ccc(N(C(=O)OC(C)(C)C)C3CC3)nc2)cc1. The maximum atomic E-state index is 13.4. The van der Waals surface area contributed by atoms with Crippen molar-refractivity contribution in [3.05, 3.63) is 53.7 Å². The van der Waals surface area contributed by atoms with E-state index in [1.54, 1.807) is 27.5 Å². The van der Waals surface area contributed by atoms with E-state index in [4.69, 9.17) is 4.74 Å². The number of carbonyl (C=O) groups is 1. The monoisotopic (exact) mass is 471 g/mol. The summed E-state index contributed by atoms with van der Waals surface area (Å²) in [6.07, 6.45) is 5.70. The van der Waals surface area contributed by atoms with E-state index in [2.05, 4.69) is 4.98 Å². The highest BCUT2D eigenvalue weighted by Crippen LogP contribution is 2.37. The van der Waals surface area contributed by atoms with Crippen LogP contribution in [0.2, 0.25) is 0 Å². The van der Waals surface area contributed by atoms with Crippen LogP contribution in [0.1, 0.15) is 70.0 Å². The number of carbonyl (C=O) groups excluding carboxylic acids is 1. The molecule has 1 aliphatic heterocycles. The second-order valence-electron chi connectivity index (χ2n) is 9.97. The van der Waals surface area contributed by atoms with Crippen LogP contribution in [0.5, 0.6) is 0 Å². The Morgan fingerprint density at radius 1 is 1.06 bits per heavy atom. The minimum absolute atomic E-state index is 0.103. The van der Waals surface area contributed by atoms with Crippen LogP contribution in [0, 0.1) is 6.92 Å². The van der Waals surface area contributed by atoms with E-state index in [-0.39, 0.29) is 12.1 Å². The zero-order chi connectivity index (χ0) is 23.8. The number of ether oxygens (including phenoxy) is 1. The maximum Gasteiger partial charge on any atom is 0.416 e. The first-order valence-electron chi connectivity index (χ1n) is 11.6. The van der Waals surface area contributed by atoms with Crippen LogP contribution in [0.15, 0.2) is 47.5 Å². The number of benzene rings is 1. The van der Waals surface area contributed by atoms with Gasteiger partial charge in [0.15, 0.2) is 0 Å². The van der Waals surface area contributed by atoms with E-state index >= 15 is 0 Å². The maximum absolute atomic E-state index is 13.4. The summed E-state index contributed by atoms with van der Waals surface area (Å²) in [5.74, 6) is 0.541. The smallest absolute Gasteiger partial charge is 0.416 e. The zero-order valence-electron chi connectivity index (χ0n) is 19.8. The molecule has 2 aromatic rings. The number of amides is 1. The first-order valence-corrected chi connectivity index (χ1v) is 13.1. The fraction of sp³-hybridized carbons (Fsp3) is 0.520. The summed E-state index contributed by atoms with van der Waals surface area (Å²) in [5, 5.41) is 0. The van der Waals surface area contributed by atoms with Crippen molar-refractivity contribution in [3.8, 4) is 0 Å². The molecule has 1 aliphatic carbocycles. The molecule has 33 heavy (non-hydrogen) atoms. The number of sulfonamides is 1. The molecule has 8 heteroatoms. The Bertz CT molecular complexity index is 1090. The quantitative estimate of drug-likeness (QED) is 0.598. The van der Waals surface area contributed by atoms with Crippen LogP contribution in [-0.4, -0.2) is 42.0 Å². The van der Waals surface area contributed by atoms with Crippen LogP contribution in [0.25, 0.3) is 0 Å². The van der Waals surface area contributed by atoms with Gasteiger partial charge in [-0.2, -0.15) is 4.31 Å². The predicted octanol–water partition coefficient (Wildman–Crippen LogP) is 5.21. The van der Waals surface area contributed by atoms with Gasteiger partial charge < -0.3 is 4.74 Å². The molecule has 0 bridgehead atoms. The Morgan fingerprint density at radius 3 is 2.33 bits per heavy atom. The van der Waals surface area contributed by atoms with E-state index in [0.29, 0.717) is 17.3 Å². The third kappa shape index (κ3) is 5.38. The normalized spacial score (nSPS) is 19.8. The number of aryl methyl sites for hydroxylation is 1. The van der Waals surface area contributed by atoms with Crippen LogP contribution in [0.4, 0.5) is 10.6 Å². The molecule has 1 saturated heterocycles. The van der Waals surface area contributed by atoms with Crippen molar-refractivity contribution in [1.82, 2.24) is 9.29 Å². The highest BCUT2D eigenvalue weighted by atomic mass is 32.2. The summed E-state index contributed by atoms with van der Waals surface area (Å²) < 4.78 is 34.0. The summed E-state index contributed by atoms with van der Waals surface area (Å²) >= 11 is 0. The first kappa shape index (κ1) is 23.7. The van der Waals surface area contributed by atoms with Crippen molar-refractivity contribution in [2.75, 3.05) is 11.4 Å². The van der Waals surface area contributed by atoms with Crippen LogP contribution in [-0.2, 0) is 14.8 Å². The van der Waals surface area contributed by atoms with Gasteiger partial charge >= 0.3 is 6.09 Å². The molecule has 0 unspecified atom stereocenters. The predicted molar refractivity (Wildman–Crippen MR) is 128 cm³/mol. The lowest BCUT2D eigenvalue weighted by Crippen LogP contribution is -2.39. The minimum Gasteiger partial charge on any atom is -0.443 e. The molecule has 1 aromatic carbocycles. The summed E-state index contributed by atoms with van der Waals surface area (Å²) in [6.45, 7) is 7.96. The van der Waals surface area contributed by atoms with Crippen molar-refractivity contribution < 1.29 is 17.9 Å². The number of piperidine rings is 1. The molecule has 1 aromatic heterocycles. The van der Waals surface area contributed by atoms with Crippen LogP contribution >= 0.6 is 0 Å². The average molecular weight is 472 g/mol. The summed E-state index contributed by atoms with van der Waals surface area (Å²) in [7, 11) is -3.62. The molecule has 0 spiro atoms. The Balaban J connectivity index is 1.59. The lowest BCUT2D eigenvalue weighted by Gasteiger charge is -2.35. The molecular weight excluding hydrogens is 438 g/mol. The number of nitrogens with zero attached hydrogens (tertiary/aromatic N) is 3. The van der Waals surface area contributed by atoms with E-state index in [0.717, 1.165) is 43.2 Å². The molecular formula is C25H33N3O4S. The number of rotatable bonds is 5. The molecule has 4 rings (SSSR count). The zero-order valence-corrected chi connectivity index (χ0v) is 20.6. The summed E-state index contributed by atoms with van der Waals surface area (Å²) in [6, 6.07) is 10.5. The number of anilines is 1. The fourth-order valence-electron chi connectivity index (χ4n) is 4.18. The lowest BCUT2D eigenvalue weighted by atomic mass is 9.99. The van der Waals surface area contributed by atoms with E-state index < -0.39 is 21.7 Å². The van der Waals surface area contributed by atoms with Crippen molar-refractivity contribution in [3.63, 3.8) is 0 Å². The second kappa shape index (κ2) is 9.06. The molecule has 0 radical (unpaired) electrons. The third-order valence-corrected chi connectivity index (χ3v) is 7.91. The number of aromatic nitrogens is 1. The lowest BCUT2D eigenvalue weighted by molar-refractivity contribution is 0.0576. The van der Waals surface area contributed by atoms with Crippen molar-refractivity contribution in [2.24, 2.45) is 0 Å². The van der Waals surface area contributed by atoms with E-state index in [9.17, 15) is 13.2 Å². The van der Waals surface area contributed by atoms with Gasteiger partial charge in [0.05, 0.1) is 10.9 Å². The van der Waals surface area contributed by atoms with Gasteiger partial charge in [0.25, 0.3) is 0 Å². The highest BCUT2D eigenvalue weighted by molar-refractivity contribution is 7.89. The number of hydrogen-bond acceptors (Lipinski definition) is 5. The van der Waals surface area contributed by atoms with Gasteiger partial charge in [-0.3, -0.25) is 4.90 Å².